The van der Waals surface area contributed by atoms with Crippen LogP contribution in [-0.4, -0.2) is 74.2 Å². The number of rotatable bonds is 16. The molecule has 0 fully saturated rings. The van der Waals surface area contributed by atoms with Gasteiger partial charge in [0.15, 0.2) is 6.10 Å². The molecule has 0 radical (unpaired) electrons. The minimum Gasteiger partial charge on any atom is -0.462 e. The van der Waals surface area contributed by atoms with Gasteiger partial charge in [-0.05, 0) is 46.6 Å². The van der Waals surface area contributed by atoms with E-state index in [2.05, 4.69) is 22.8 Å². The van der Waals surface area contributed by atoms with Gasteiger partial charge >= 0.3 is 12.1 Å². The molecule has 1 aliphatic rings. The summed E-state index contributed by atoms with van der Waals surface area (Å²) in [5, 5.41) is 16.5. The molecule has 0 aromatic heterocycles. The molecule has 46 heavy (non-hydrogen) atoms. The number of halogens is 1. The quantitative estimate of drug-likeness (QED) is 0.134. The first kappa shape index (κ1) is 36.5. The molecular weight excluding hydrogens is 610 g/mol. The van der Waals surface area contributed by atoms with E-state index in [1.807, 2.05) is 80.6 Å². The molecule has 248 valence electrons. The molecule has 3 aromatic rings. The maximum atomic E-state index is 13.3. The van der Waals surface area contributed by atoms with E-state index >= 15 is 0 Å². The van der Waals surface area contributed by atoms with Crippen molar-refractivity contribution < 1.29 is 33.7 Å². The van der Waals surface area contributed by atoms with Crippen LogP contribution in [0.25, 0.3) is 11.1 Å². The Labute approximate surface area is 276 Å². The molecule has 3 aromatic carbocycles. The Balaban J connectivity index is 0.00000576. The van der Waals surface area contributed by atoms with Gasteiger partial charge in [0.05, 0.1) is 19.3 Å². The third-order valence-corrected chi connectivity index (χ3v) is 7.64. The monoisotopic (exact) mass is 653 g/mol. The van der Waals surface area contributed by atoms with Gasteiger partial charge in [-0.1, -0.05) is 92.7 Å². The fourth-order valence-electron chi connectivity index (χ4n) is 5.51. The summed E-state index contributed by atoms with van der Waals surface area (Å²) in [7, 11) is 0. The first-order valence-electron chi connectivity index (χ1n) is 15.4. The normalized spacial score (nSPS) is 13.8. The second-order valence-electron chi connectivity index (χ2n) is 11.5. The van der Waals surface area contributed by atoms with Crippen LogP contribution in [0, 0.1) is 5.92 Å². The number of aliphatic hydroxyl groups excluding tert-OH is 1. The van der Waals surface area contributed by atoms with Crippen LogP contribution in [-0.2, 0) is 30.2 Å². The second-order valence-corrected chi connectivity index (χ2v) is 11.5. The number of ether oxygens (including phenoxy) is 3. The highest BCUT2D eigenvalue weighted by atomic mass is 35.5. The fraction of sp³-hybridized carbons (Fsp3) is 0.400. The van der Waals surface area contributed by atoms with Gasteiger partial charge in [-0.2, -0.15) is 0 Å². The number of esters is 1. The smallest absolute Gasteiger partial charge is 0.407 e. The van der Waals surface area contributed by atoms with Crippen molar-refractivity contribution in [1.29, 1.82) is 0 Å². The molecule has 1 aliphatic carbocycles. The molecule has 0 spiro atoms. The highest BCUT2D eigenvalue weighted by molar-refractivity contribution is 5.88. The van der Waals surface area contributed by atoms with Crippen LogP contribution >= 0.6 is 12.4 Å². The molecule has 0 saturated carbocycles. The zero-order chi connectivity index (χ0) is 32.2. The summed E-state index contributed by atoms with van der Waals surface area (Å²) in [5.74, 6) is -1.54. The number of benzene rings is 3. The Morgan fingerprint density at radius 3 is 2.04 bits per heavy atom. The van der Waals surface area contributed by atoms with Crippen LogP contribution in [0.3, 0.4) is 0 Å². The van der Waals surface area contributed by atoms with Crippen LogP contribution in [0.1, 0.15) is 42.9 Å². The summed E-state index contributed by atoms with van der Waals surface area (Å²) in [6.07, 6.45) is -2.00. The lowest BCUT2D eigenvalue weighted by Gasteiger charge is -2.26. The number of hydrogen-bond donors (Lipinski definition) is 4. The maximum Gasteiger partial charge on any atom is 0.407 e. The first-order valence-corrected chi connectivity index (χ1v) is 15.4. The number of fused-ring (bicyclic) bond motifs is 3. The molecule has 0 saturated heterocycles. The lowest BCUT2D eigenvalue weighted by molar-refractivity contribution is -0.151. The SMILES string of the molecule is CC(C)C[C@@H](NC(=O)[C@@H](O)[C@@H](Cc1ccccc1)NC(=O)OCC1c2ccccc2-c2ccccc21)C(=O)OCCOCCN.Cl. The Morgan fingerprint density at radius 1 is 0.826 bits per heavy atom. The Hall–Kier alpha value is -3.96. The number of carbonyl (C=O) groups is 3. The number of nitrogens with two attached hydrogens (primary N) is 1. The number of alkyl carbamates (subject to hydrolysis) is 1. The van der Waals surface area contributed by atoms with E-state index in [4.69, 9.17) is 19.9 Å². The lowest BCUT2D eigenvalue weighted by Crippen LogP contribution is -2.55. The highest BCUT2D eigenvalue weighted by Gasteiger charge is 2.33. The summed E-state index contributed by atoms with van der Waals surface area (Å²) in [5.41, 5.74) is 10.5. The van der Waals surface area contributed by atoms with E-state index in [1.54, 1.807) is 0 Å². The van der Waals surface area contributed by atoms with E-state index < -0.39 is 36.2 Å². The van der Waals surface area contributed by atoms with E-state index in [9.17, 15) is 19.5 Å². The number of hydrogen-bond acceptors (Lipinski definition) is 8. The maximum absolute atomic E-state index is 13.3. The zero-order valence-electron chi connectivity index (χ0n) is 26.2. The second kappa shape index (κ2) is 18.3. The van der Waals surface area contributed by atoms with Gasteiger partial charge in [0.2, 0.25) is 0 Å². The molecule has 5 N–H and O–H groups in total. The summed E-state index contributed by atoms with van der Waals surface area (Å²) in [4.78, 5) is 39.3. The molecule has 2 amide bonds. The van der Waals surface area contributed by atoms with Crippen LogP contribution in [0.5, 0.6) is 0 Å². The number of nitrogens with one attached hydrogen (secondary N) is 2. The fourth-order valence-corrected chi connectivity index (χ4v) is 5.51. The molecule has 11 heteroatoms. The Morgan fingerprint density at radius 2 is 1.43 bits per heavy atom. The summed E-state index contributed by atoms with van der Waals surface area (Å²) in [6.45, 7) is 4.77. The molecule has 0 unspecified atom stereocenters. The van der Waals surface area contributed by atoms with Gasteiger partial charge in [-0.3, -0.25) is 4.79 Å². The van der Waals surface area contributed by atoms with Crippen molar-refractivity contribution >= 4 is 30.4 Å². The predicted octanol–water partition coefficient (Wildman–Crippen LogP) is 3.97. The topological polar surface area (TPSA) is 149 Å². The number of carbonyl (C=O) groups excluding carboxylic acids is 3. The van der Waals surface area contributed by atoms with Gasteiger partial charge in [0.25, 0.3) is 5.91 Å². The van der Waals surface area contributed by atoms with Crippen molar-refractivity contribution in [3.63, 3.8) is 0 Å². The molecule has 0 aliphatic heterocycles. The van der Waals surface area contributed by atoms with Crippen molar-refractivity contribution in [2.45, 2.75) is 50.8 Å². The average Bonchev–Trinajstić information content (AvgIpc) is 3.36. The van der Waals surface area contributed by atoms with Crippen molar-refractivity contribution in [2.24, 2.45) is 11.7 Å². The standard InChI is InChI=1S/C35H43N3O7.ClH/c1-23(2)20-31(34(41)44-19-18-43-17-16-36)37-33(40)32(39)30(21-24-10-4-3-5-11-24)38-35(42)45-22-29-27-14-8-6-12-25(27)26-13-7-9-15-28(26)29;/h3-15,23,29-32,39H,16-22,36H2,1-2H3,(H,37,40)(H,38,42);1H/t30-,31-,32+;/m1./s1. The molecule has 4 rings (SSSR count). The minimum absolute atomic E-state index is 0. The summed E-state index contributed by atoms with van der Waals surface area (Å²) < 4.78 is 16.2. The average molecular weight is 654 g/mol. The predicted molar refractivity (Wildman–Crippen MR) is 178 cm³/mol. The number of aliphatic hydroxyl groups is 1. The molecule has 10 nitrogen and oxygen atoms in total. The van der Waals surface area contributed by atoms with Gasteiger partial charge in [0, 0.05) is 12.5 Å². The van der Waals surface area contributed by atoms with Crippen molar-refractivity contribution in [3.05, 3.63) is 95.6 Å². The minimum atomic E-state index is -1.68. The van der Waals surface area contributed by atoms with E-state index in [0.29, 0.717) is 19.6 Å². The van der Waals surface area contributed by atoms with Gasteiger partial charge in [0.1, 0.15) is 19.3 Å². The highest BCUT2D eigenvalue weighted by Crippen LogP contribution is 2.44. The van der Waals surface area contributed by atoms with E-state index in [-0.39, 0.29) is 50.5 Å². The number of amides is 2. The Bertz CT molecular complexity index is 1380. The van der Waals surface area contributed by atoms with E-state index in [0.717, 1.165) is 27.8 Å². The molecule has 0 bridgehead atoms. The first-order chi connectivity index (χ1) is 21.8. The lowest BCUT2D eigenvalue weighted by atomic mass is 9.98. The zero-order valence-corrected chi connectivity index (χ0v) is 27.0. The van der Waals surface area contributed by atoms with Crippen LogP contribution in [0.15, 0.2) is 78.9 Å². The van der Waals surface area contributed by atoms with Crippen LogP contribution in [0.2, 0.25) is 0 Å². The van der Waals surface area contributed by atoms with Crippen molar-refractivity contribution in [2.75, 3.05) is 33.0 Å². The Kier molecular flexibility index (Phi) is 14.5. The van der Waals surface area contributed by atoms with Gasteiger partial charge < -0.3 is 35.7 Å². The van der Waals surface area contributed by atoms with Gasteiger partial charge in [-0.15, -0.1) is 12.4 Å². The largest absolute Gasteiger partial charge is 0.462 e. The van der Waals surface area contributed by atoms with Crippen molar-refractivity contribution in [1.82, 2.24) is 10.6 Å². The van der Waals surface area contributed by atoms with Crippen LogP contribution < -0.4 is 16.4 Å². The molecular formula is C35H44ClN3O7. The summed E-state index contributed by atoms with van der Waals surface area (Å²) >= 11 is 0. The third-order valence-electron chi connectivity index (χ3n) is 7.64. The van der Waals surface area contributed by atoms with Gasteiger partial charge in [-0.25, -0.2) is 9.59 Å². The molecule has 0 heterocycles. The van der Waals surface area contributed by atoms with E-state index in [1.165, 1.54) is 0 Å². The third kappa shape index (κ3) is 10.0. The molecule has 3 atom stereocenters. The summed E-state index contributed by atoms with van der Waals surface area (Å²) in [6, 6.07) is 23.2. The van der Waals surface area contributed by atoms with Crippen LogP contribution in [0.4, 0.5) is 4.79 Å². The van der Waals surface area contributed by atoms with Crippen molar-refractivity contribution in [3.8, 4) is 11.1 Å².